The van der Waals surface area contributed by atoms with Crippen LogP contribution >= 0.6 is 11.6 Å². The van der Waals surface area contributed by atoms with Crippen LogP contribution in [0, 0.1) is 17.8 Å². The normalized spacial score (nSPS) is 28.2. The summed E-state index contributed by atoms with van der Waals surface area (Å²) < 4.78 is 16.9. The van der Waals surface area contributed by atoms with Crippen LogP contribution in [0.1, 0.15) is 61.5 Å². The van der Waals surface area contributed by atoms with Crippen LogP contribution in [0.4, 0.5) is 5.69 Å². The summed E-state index contributed by atoms with van der Waals surface area (Å²) in [5.74, 6) is 1.63. The Morgan fingerprint density at radius 1 is 0.857 bits per heavy atom. The topological polar surface area (TPSA) is 74.8 Å². The van der Waals surface area contributed by atoms with Crippen LogP contribution in [0.2, 0.25) is 5.02 Å². The van der Waals surface area contributed by atoms with E-state index >= 15 is 0 Å². The fourth-order valence-corrected chi connectivity index (χ4v) is 9.24. The van der Waals surface area contributed by atoms with E-state index in [4.69, 9.17) is 25.8 Å². The zero-order valence-corrected chi connectivity index (χ0v) is 30.7. The standard InChI is InChI=1S/C39H55ClN4O5/c1-41(2)38(45)27-16-18-42(19-17-27)37-20-29(40)8-15-33(37)35-23-44(21-28(35)25-47-3)39(46)36-24-43(30-9-13-32(49-5)14-10-30)22-34(36)26-6-11-31(48-4)12-7-26/h6-8,11-12,15,20,27-28,30,32,34-36H,9-10,13-14,16-19,21-25H2,1-5H3/t28-,30-,32-,34+,35+,36-/m1/s1. The molecule has 268 valence electrons. The Labute approximate surface area is 297 Å². The predicted molar refractivity (Wildman–Crippen MR) is 194 cm³/mol. The van der Waals surface area contributed by atoms with Gasteiger partial charge in [-0.15, -0.1) is 0 Å². The lowest BCUT2D eigenvalue weighted by molar-refractivity contribution is -0.135. The smallest absolute Gasteiger partial charge is 0.227 e. The molecule has 9 nitrogen and oxygen atoms in total. The van der Waals surface area contributed by atoms with Crippen molar-refractivity contribution in [1.82, 2.24) is 14.7 Å². The third-order valence-corrected chi connectivity index (χ3v) is 12.1. The van der Waals surface area contributed by atoms with Crippen molar-refractivity contribution in [3.8, 4) is 5.75 Å². The minimum atomic E-state index is -0.117. The highest BCUT2D eigenvalue weighted by Crippen LogP contribution is 2.43. The summed E-state index contributed by atoms with van der Waals surface area (Å²) in [7, 11) is 8.93. The summed E-state index contributed by atoms with van der Waals surface area (Å²) >= 11 is 6.62. The van der Waals surface area contributed by atoms with Gasteiger partial charge in [-0.1, -0.05) is 29.8 Å². The Hall–Kier alpha value is -2.85. The van der Waals surface area contributed by atoms with E-state index in [2.05, 4.69) is 39.0 Å². The highest BCUT2D eigenvalue weighted by Gasteiger charge is 2.46. The molecule has 10 heteroatoms. The molecule has 4 atom stereocenters. The quantitative estimate of drug-likeness (QED) is 0.325. The second-order valence-corrected chi connectivity index (χ2v) is 15.3. The van der Waals surface area contributed by atoms with Gasteiger partial charge in [-0.2, -0.15) is 0 Å². The number of hydrogen-bond donors (Lipinski definition) is 0. The average molecular weight is 695 g/mol. The first-order valence-electron chi connectivity index (χ1n) is 18.1. The highest BCUT2D eigenvalue weighted by atomic mass is 35.5. The summed E-state index contributed by atoms with van der Waals surface area (Å²) in [5, 5.41) is 0.701. The number of piperidine rings is 1. The zero-order chi connectivity index (χ0) is 34.7. The van der Waals surface area contributed by atoms with Gasteiger partial charge in [0.2, 0.25) is 11.8 Å². The molecule has 2 aromatic rings. The van der Waals surface area contributed by atoms with E-state index in [1.807, 2.05) is 39.4 Å². The van der Waals surface area contributed by atoms with Crippen molar-refractivity contribution in [2.24, 2.45) is 17.8 Å². The molecule has 3 saturated heterocycles. The molecule has 0 spiro atoms. The molecule has 3 aliphatic heterocycles. The first-order chi connectivity index (χ1) is 23.7. The molecule has 2 amide bonds. The number of ether oxygens (including phenoxy) is 3. The van der Waals surface area contributed by atoms with Gasteiger partial charge in [-0.25, -0.2) is 0 Å². The van der Waals surface area contributed by atoms with Crippen molar-refractivity contribution < 1.29 is 23.8 Å². The largest absolute Gasteiger partial charge is 0.497 e. The van der Waals surface area contributed by atoms with Crippen LogP contribution in [-0.2, 0) is 19.1 Å². The molecular formula is C39H55ClN4O5. The van der Waals surface area contributed by atoms with E-state index in [-0.39, 0.29) is 41.4 Å². The summed E-state index contributed by atoms with van der Waals surface area (Å²) in [5.41, 5.74) is 3.54. The van der Waals surface area contributed by atoms with Gasteiger partial charge in [0.05, 0.1) is 25.7 Å². The highest BCUT2D eigenvalue weighted by molar-refractivity contribution is 6.30. The number of nitrogens with zero attached hydrogens (tertiary/aromatic N) is 4. The molecule has 4 fully saturated rings. The van der Waals surface area contributed by atoms with E-state index in [0.29, 0.717) is 36.9 Å². The molecule has 4 aliphatic rings. The maximum atomic E-state index is 14.7. The maximum absolute atomic E-state index is 14.7. The van der Waals surface area contributed by atoms with E-state index in [9.17, 15) is 9.59 Å². The predicted octanol–water partition coefficient (Wildman–Crippen LogP) is 5.51. The first-order valence-corrected chi connectivity index (χ1v) is 18.5. The SMILES string of the molecule is COC[C@H]1CN(C(=O)[C@@H]2CN([C@H]3CC[C@H](OC)CC3)C[C@H]2c2ccc(OC)cc2)C[C@@H]1c1ccc(Cl)cc1N1CCC(C(=O)N(C)C)CC1. The fraction of sp³-hybridized carbons (Fsp3) is 0.641. The molecule has 0 radical (unpaired) electrons. The minimum absolute atomic E-state index is 0.0503. The Bertz CT molecular complexity index is 1420. The van der Waals surface area contributed by atoms with Crippen molar-refractivity contribution in [1.29, 1.82) is 0 Å². The number of benzene rings is 2. The Balaban J connectivity index is 1.23. The number of amides is 2. The summed E-state index contributed by atoms with van der Waals surface area (Å²) in [6.45, 7) is 5.17. The third-order valence-electron chi connectivity index (χ3n) is 11.9. The number of halogens is 1. The monoisotopic (exact) mass is 694 g/mol. The van der Waals surface area contributed by atoms with Gasteiger partial charge in [-0.05, 0) is 73.9 Å². The number of rotatable bonds is 10. The van der Waals surface area contributed by atoms with E-state index in [0.717, 1.165) is 76.1 Å². The molecule has 0 unspecified atom stereocenters. The number of hydrogen-bond acceptors (Lipinski definition) is 7. The minimum Gasteiger partial charge on any atom is -0.497 e. The molecular weight excluding hydrogens is 640 g/mol. The van der Waals surface area contributed by atoms with Gasteiger partial charge in [0, 0.05) is 108 Å². The molecule has 0 bridgehead atoms. The Morgan fingerprint density at radius 3 is 2.20 bits per heavy atom. The van der Waals surface area contributed by atoms with Crippen molar-refractivity contribution in [2.45, 2.75) is 62.5 Å². The molecule has 49 heavy (non-hydrogen) atoms. The molecule has 6 rings (SSSR count). The molecule has 3 heterocycles. The third kappa shape index (κ3) is 7.90. The molecule has 0 N–H and O–H groups in total. The molecule has 2 aromatic carbocycles. The van der Waals surface area contributed by atoms with Crippen LogP contribution in [-0.4, -0.2) is 120 Å². The fourth-order valence-electron chi connectivity index (χ4n) is 9.08. The lowest BCUT2D eigenvalue weighted by atomic mass is 9.87. The number of carbonyl (C=O) groups is 2. The van der Waals surface area contributed by atoms with Gasteiger partial charge >= 0.3 is 0 Å². The lowest BCUT2D eigenvalue weighted by Gasteiger charge is -2.36. The summed E-state index contributed by atoms with van der Waals surface area (Å²) in [4.78, 5) is 36.3. The van der Waals surface area contributed by atoms with Crippen molar-refractivity contribution in [2.75, 3.05) is 86.2 Å². The lowest BCUT2D eigenvalue weighted by Crippen LogP contribution is -2.41. The summed E-state index contributed by atoms with van der Waals surface area (Å²) in [6, 6.07) is 15.0. The second-order valence-electron chi connectivity index (χ2n) is 14.9. The maximum Gasteiger partial charge on any atom is 0.227 e. The van der Waals surface area contributed by atoms with Gasteiger partial charge in [0.25, 0.3) is 0 Å². The number of carbonyl (C=O) groups excluding carboxylic acids is 2. The van der Waals surface area contributed by atoms with E-state index < -0.39 is 0 Å². The number of anilines is 1. The van der Waals surface area contributed by atoms with Crippen molar-refractivity contribution in [3.05, 3.63) is 58.6 Å². The van der Waals surface area contributed by atoms with Crippen LogP contribution in [0.3, 0.4) is 0 Å². The van der Waals surface area contributed by atoms with Gasteiger partial charge < -0.3 is 28.9 Å². The van der Waals surface area contributed by atoms with Crippen molar-refractivity contribution in [3.63, 3.8) is 0 Å². The van der Waals surface area contributed by atoms with Crippen LogP contribution < -0.4 is 9.64 Å². The Morgan fingerprint density at radius 2 is 1.57 bits per heavy atom. The molecule has 0 aromatic heterocycles. The first kappa shape index (κ1) is 36.0. The number of methoxy groups -OCH3 is 3. The average Bonchev–Trinajstić information content (AvgIpc) is 3.77. The van der Waals surface area contributed by atoms with Crippen LogP contribution in [0.15, 0.2) is 42.5 Å². The van der Waals surface area contributed by atoms with Crippen molar-refractivity contribution >= 4 is 29.1 Å². The van der Waals surface area contributed by atoms with Gasteiger partial charge in [0.1, 0.15) is 5.75 Å². The number of likely N-dealkylation sites (tertiary alicyclic amines) is 2. The zero-order valence-electron chi connectivity index (χ0n) is 30.0. The Kier molecular flexibility index (Phi) is 11.7. The van der Waals surface area contributed by atoms with Crippen LogP contribution in [0.25, 0.3) is 0 Å². The molecule has 1 aliphatic carbocycles. The second kappa shape index (κ2) is 16.0. The van der Waals surface area contributed by atoms with Gasteiger partial charge in [-0.3, -0.25) is 14.5 Å². The summed E-state index contributed by atoms with van der Waals surface area (Å²) in [6.07, 6.45) is 6.34. The van der Waals surface area contributed by atoms with E-state index in [1.54, 1.807) is 19.1 Å². The van der Waals surface area contributed by atoms with Crippen LogP contribution in [0.5, 0.6) is 5.75 Å². The van der Waals surface area contributed by atoms with E-state index in [1.165, 1.54) is 11.1 Å². The molecule has 1 saturated carbocycles. The van der Waals surface area contributed by atoms with Gasteiger partial charge in [0.15, 0.2) is 0 Å².